The van der Waals surface area contributed by atoms with E-state index in [0.717, 1.165) is 11.3 Å². The van der Waals surface area contributed by atoms with Crippen LogP contribution < -0.4 is 10.5 Å². The van der Waals surface area contributed by atoms with Crippen molar-refractivity contribution in [2.45, 2.75) is 13.1 Å². The topological polar surface area (TPSA) is 55.2 Å². The minimum Gasteiger partial charge on any atom is -0.306 e. The Bertz CT molecular complexity index is 1150. The first-order valence-electron chi connectivity index (χ1n) is 9.06. The van der Waals surface area contributed by atoms with Crippen LogP contribution in [0.5, 0.6) is 0 Å². The number of benzene rings is 3. The molecule has 5 heteroatoms. The maximum absolute atomic E-state index is 13.3. The van der Waals surface area contributed by atoms with E-state index in [1.165, 1.54) is 10.8 Å². The summed E-state index contributed by atoms with van der Waals surface area (Å²) >= 11 is 0. The van der Waals surface area contributed by atoms with E-state index >= 15 is 0 Å². The minimum absolute atomic E-state index is 0.0520. The third-order valence-electron chi connectivity index (χ3n) is 4.60. The number of nitrogens with zero attached hydrogens (tertiary/aromatic N) is 3. The van der Waals surface area contributed by atoms with Crippen molar-refractivity contribution in [3.63, 3.8) is 0 Å². The van der Waals surface area contributed by atoms with Crippen LogP contribution >= 0.6 is 0 Å². The molecule has 4 rings (SSSR count). The second kappa shape index (κ2) is 7.88. The summed E-state index contributed by atoms with van der Waals surface area (Å²) in [4.78, 5) is 31.5. The molecule has 1 heterocycles. The predicted molar refractivity (Wildman–Crippen MR) is 110 cm³/mol. The van der Waals surface area contributed by atoms with Gasteiger partial charge in [0.25, 0.3) is 5.56 Å². The van der Waals surface area contributed by atoms with Gasteiger partial charge in [-0.1, -0.05) is 60.7 Å². The first-order chi connectivity index (χ1) is 13.7. The number of carbonyl (C=O) groups excluding carboxylic acids is 1. The fourth-order valence-corrected chi connectivity index (χ4v) is 3.20. The van der Waals surface area contributed by atoms with Gasteiger partial charge in [0.1, 0.15) is 6.54 Å². The predicted octanol–water partition coefficient (Wildman–Crippen LogP) is 3.63. The van der Waals surface area contributed by atoms with Crippen LogP contribution in [-0.4, -0.2) is 15.5 Å². The number of hydrogen-bond acceptors (Lipinski definition) is 3. The summed E-state index contributed by atoms with van der Waals surface area (Å²) in [7, 11) is 0. The van der Waals surface area contributed by atoms with Crippen molar-refractivity contribution in [3.05, 3.63) is 107 Å². The van der Waals surface area contributed by atoms with Gasteiger partial charge in [-0.25, -0.2) is 4.98 Å². The Morgan fingerprint density at radius 1 is 0.857 bits per heavy atom. The molecule has 0 saturated carbocycles. The highest BCUT2D eigenvalue weighted by atomic mass is 16.2. The van der Waals surface area contributed by atoms with E-state index in [1.807, 2.05) is 78.9 Å². The molecule has 0 saturated heterocycles. The molecule has 0 atom stereocenters. The summed E-state index contributed by atoms with van der Waals surface area (Å²) in [6.07, 6.45) is 1.26. The third kappa shape index (κ3) is 3.69. The highest BCUT2D eigenvalue weighted by molar-refractivity contribution is 5.93. The molecular formula is C23H19N3O2. The molecule has 0 fully saturated rings. The fourth-order valence-electron chi connectivity index (χ4n) is 3.20. The van der Waals surface area contributed by atoms with Gasteiger partial charge in [-0.2, -0.15) is 0 Å². The van der Waals surface area contributed by atoms with Crippen molar-refractivity contribution < 1.29 is 4.79 Å². The summed E-state index contributed by atoms with van der Waals surface area (Å²) < 4.78 is 1.48. The summed E-state index contributed by atoms with van der Waals surface area (Å²) in [6.45, 7) is 0.380. The number of fused-ring (bicyclic) bond motifs is 1. The highest BCUT2D eigenvalue weighted by Crippen LogP contribution is 2.18. The Morgan fingerprint density at radius 2 is 1.50 bits per heavy atom. The lowest BCUT2D eigenvalue weighted by atomic mass is 10.2. The van der Waals surface area contributed by atoms with Crippen LogP contribution in [0.4, 0.5) is 5.69 Å². The van der Waals surface area contributed by atoms with E-state index < -0.39 is 0 Å². The van der Waals surface area contributed by atoms with Crippen molar-refractivity contribution in [1.82, 2.24) is 9.55 Å². The molecule has 0 aliphatic rings. The smallest absolute Gasteiger partial charge is 0.269 e. The van der Waals surface area contributed by atoms with Crippen LogP contribution in [0.3, 0.4) is 0 Å². The summed E-state index contributed by atoms with van der Waals surface area (Å²) in [5.74, 6) is -0.159. The largest absolute Gasteiger partial charge is 0.306 e. The lowest BCUT2D eigenvalue weighted by Gasteiger charge is -2.24. The lowest BCUT2D eigenvalue weighted by molar-refractivity contribution is -0.119. The molecule has 0 unspecified atom stereocenters. The molecule has 138 valence electrons. The summed E-state index contributed by atoms with van der Waals surface area (Å²) in [6, 6.07) is 26.6. The molecule has 5 nitrogen and oxygen atoms in total. The maximum atomic E-state index is 13.3. The number of aromatic nitrogens is 2. The van der Waals surface area contributed by atoms with Gasteiger partial charge in [0, 0.05) is 5.69 Å². The highest BCUT2D eigenvalue weighted by Gasteiger charge is 2.18. The molecular weight excluding hydrogens is 350 g/mol. The number of carbonyl (C=O) groups is 1. The van der Waals surface area contributed by atoms with Crippen LogP contribution in [-0.2, 0) is 17.9 Å². The molecule has 4 aromatic rings. The average Bonchev–Trinajstić information content (AvgIpc) is 2.75. The van der Waals surface area contributed by atoms with Crippen molar-refractivity contribution in [1.29, 1.82) is 0 Å². The zero-order valence-electron chi connectivity index (χ0n) is 15.2. The molecule has 0 N–H and O–H groups in total. The molecule has 0 spiro atoms. The number of rotatable bonds is 5. The van der Waals surface area contributed by atoms with Crippen LogP contribution in [0.25, 0.3) is 11.0 Å². The second-order valence-corrected chi connectivity index (χ2v) is 6.47. The van der Waals surface area contributed by atoms with Gasteiger partial charge in [-0.3, -0.25) is 14.2 Å². The van der Waals surface area contributed by atoms with Crippen molar-refractivity contribution >= 4 is 22.6 Å². The lowest BCUT2D eigenvalue weighted by Crippen LogP contribution is -2.36. The molecule has 0 bridgehead atoms. The molecule has 3 aromatic carbocycles. The first kappa shape index (κ1) is 17.7. The van der Waals surface area contributed by atoms with Crippen LogP contribution in [0.2, 0.25) is 0 Å². The number of amides is 1. The van der Waals surface area contributed by atoms with Gasteiger partial charge in [-0.15, -0.1) is 0 Å². The van der Waals surface area contributed by atoms with E-state index in [2.05, 4.69) is 4.98 Å². The third-order valence-corrected chi connectivity index (χ3v) is 4.60. The number of para-hydroxylation sites is 3. The molecule has 1 aromatic heterocycles. The van der Waals surface area contributed by atoms with Gasteiger partial charge in [0.15, 0.2) is 0 Å². The van der Waals surface area contributed by atoms with Gasteiger partial charge >= 0.3 is 0 Å². The molecule has 0 radical (unpaired) electrons. The van der Waals surface area contributed by atoms with Gasteiger partial charge in [0.2, 0.25) is 5.91 Å². The quantitative estimate of drug-likeness (QED) is 0.540. The normalized spacial score (nSPS) is 10.7. The second-order valence-electron chi connectivity index (χ2n) is 6.47. The monoisotopic (exact) mass is 369 g/mol. The van der Waals surface area contributed by atoms with Crippen LogP contribution in [0.15, 0.2) is 95.9 Å². The summed E-state index contributed by atoms with van der Waals surface area (Å²) in [5.41, 5.74) is 2.86. The van der Waals surface area contributed by atoms with E-state index in [-0.39, 0.29) is 18.0 Å². The SMILES string of the molecule is O=C(Cn1c(=O)cnc2ccccc21)N(Cc1ccccc1)c1ccccc1. The Balaban J connectivity index is 1.71. The van der Waals surface area contributed by atoms with Crippen LogP contribution in [0.1, 0.15) is 5.56 Å². The Morgan fingerprint density at radius 3 is 2.25 bits per heavy atom. The fraction of sp³-hybridized carbons (Fsp3) is 0.0870. The van der Waals surface area contributed by atoms with Crippen molar-refractivity contribution in [2.75, 3.05) is 4.90 Å². The Labute approximate surface area is 162 Å². The van der Waals surface area contributed by atoms with Crippen molar-refractivity contribution in [2.24, 2.45) is 0 Å². The molecule has 0 aliphatic carbocycles. The first-order valence-corrected chi connectivity index (χ1v) is 9.06. The Kier molecular flexibility index (Phi) is 4.97. The van der Waals surface area contributed by atoms with Gasteiger partial charge in [0.05, 0.1) is 23.8 Å². The van der Waals surface area contributed by atoms with Gasteiger partial charge < -0.3 is 4.90 Å². The van der Waals surface area contributed by atoms with Gasteiger partial charge in [-0.05, 0) is 29.8 Å². The molecule has 0 aliphatic heterocycles. The summed E-state index contributed by atoms with van der Waals surface area (Å²) in [5, 5.41) is 0. The van der Waals surface area contributed by atoms with Crippen LogP contribution in [0, 0.1) is 0 Å². The van der Waals surface area contributed by atoms with Crippen molar-refractivity contribution in [3.8, 4) is 0 Å². The van der Waals surface area contributed by atoms with E-state index in [4.69, 9.17) is 0 Å². The zero-order chi connectivity index (χ0) is 19.3. The van der Waals surface area contributed by atoms with E-state index in [0.29, 0.717) is 17.6 Å². The molecule has 1 amide bonds. The van der Waals surface area contributed by atoms with E-state index in [1.54, 1.807) is 11.0 Å². The average molecular weight is 369 g/mol. The molecule has 28 heavy (non-hydrogen) atoms. The zero-order valence-corrected chi connectivity index (χ0v) is 15.2. The minimum atomic E-state index is -0.292. The Hall–Kier alpha value is -3.73. The standard InChI is InChI=1S/C23H19N3O2/c27-22-15-24-20-13-7-8-14-21(20)26(22)17-23(28)25(19-11-5-2-6-12-19)16-18-9-3-1-4-10-18/h1-15H,16-17H2. The number of anilines is 1. The maximum Gasteiger partial charge on any atom is 0.269 e. The number of hydrogen-bond donors (Lipinski definition) is 0. The van der Waals surface area contributed by atoms with E-state index in [9.17, 15) is 9.59 Å².